The third kappa shape index (κ3) is 36.3. The van der Waals surface area contributed by atoms with Gasteiger partial charge in [-0.25, -0.2) is 0 Å². The van der Waals surface area contributed by atoms with Gasteiger partial charge >= 0.3 is 18.9 Å². The SMILES string of the molecule is CCCCCCCCCCN.[CH2-]CCCCCCCCC(C)(C)C.[Li+]. The molecule has 1 nitrogen and oxygen atoms in total. The van der Waals surface area contributed by atoms with E-state index in [-0.39, 0.29) is 18.9 Å². The largest absolute Gasteiger partial charge is 1.00 e. The Hall–Kier alpha value is 0.557. The average molecular weight is 348 g/mol. The maximum Gasteiger partial charge on any atom is 1.00 e. The van der Waals surface area contributed by atoms with Crippen LogP contribution in [0.5, 0.6) is 0 Å². The van der Waals surface area contributed by atoms with Crippen LogP contribution >= 0.6 is 0 Å². The van der Waals surface area contributed by atoms with E-state index in [1.807, 2.05) is 0 Å². The molecule has 0 aliphatic heterocycles. The summed E-state index contributed by atoms with van der Waals surface area (Å²) in [5, 5.41) is 0. The standard InChI is InChI=1S/C13H27.C10H23N.Li/c1-5-6-7-8-9-10-11-12-13(2,3)4;1-2-3-4-5-6-7-8-9-10-11;/h1,5-12H2,2-4H3;2-11H2,1H3;/q-1;;+1. The number of hydrogen-bond acceptors (Lipinski definition) is 1. The van der Waals surface area contributed by atoms with Crippen LogP contribution in [0.2, 0.25) is 0 Å². The Bertz CT molecular complexity index is 203. The zero-order chi connectivity index (χ0) is 18.5. The molecule has 0 saturated carbocycles. The van der Waals surface area contributed by atoms with Gasteiger partial charge in [-0.05, 0) is 24.8 Å². The van der Waals surface area contributed by atoms with E-state index in [1.54, 1.807) is 0 Å². The second-order valence-corrected chi connectivity index (χ2v) is 8.55. The van der Waals surface area contributed by atoms with E-state index in [9.17, 15) is 0 Å². The monoisotopic (exact) mass is 347 g/mol. The normalized spacial score (nSPS) is 10.8. The van der Waals surface area contributed by atoms with Crippen molar-refractivity contribution in [2.75, 3.05) is 6.54 Å². The van der Waals surface area contributed by atoms with Gasteiger partial charge in [0, 0.05) is 0 Å². The fourth-order valence-electron chi connectivity index (χ4n) is 2.82. The number of nitrogens with two attached hydrogens (primary N) is 1. The van der Waals surface area contributed by atoms with Crippen molar-refractivity contribution in [1.82, 2.24) is 0 Å². The molecule has 0 aromatic rings. The first-order valence-electron chi connectivity index (χ1n) is 11.0. The summed E-state index contributed by atoms with van der Waals surface area (Å²) in [5.74, 6) is 0. The summed E-state index contributed by atoms with van der Waals surface area (Å²) < 4.78 is 0. The van der Waals surface area contributed by atoms with Crippen LogP contribution in [0.15, 0.2) is 0 Å². The fraction of sp³-hybridized carbons (Fsp3) is 0.957. The summed E-state index contributed by atoms with van der Waals surface area (Å²) in [7, 11) is 0. The van der Waals surface area contributed by atoms with Gasteiger partial charge in [-0.2, -0.15) is 6.42 Å². The van der Waals surface area contributed by atoms with Crippen LogP contribution in [0.1, 0.15) is 130 Å². The fourth-order valence-corrected chi connectivity index (χ4v) is 2.82. The predicted molar refractivity (Wildman–Crippen MR) is 113 cm³/mol. The Kier molecular flexibility index (Phi) is 29.8. The van der Waals surface area contributed by atoms with Gasteiger partial charge in [0.15, 0.2) is 0 Å². The molecule has 0 amide bonds. The van der Waals surface area contributed by atoms with Crippen LogP contribution in [0.4, 0.5) is 0 Å². The molecule has 2 heteroatoms. The molecular formula is C23H50LiN. The summed E-state index contributed by atoms with van der Waals surface area (Å²) in [5.41, 5.74) is 5.93. The van der Waals surface area contributed by atoms with Crippen LogP contribution in [-0.4, -0.2) is 6.54 Å². The van der Waals surface area contributed by atoms with Gasteiger partial charge in [0.1, 0.15) is 0 Å². The molecule has 0 rings (SSSR count). The first-order valence-corrected chi connectivity index (χ1v) is 11.0. The van der Waals surface area contributed by atoms with E-state index in [0.717, 1.165) is 13.0 Å². The van der Waals surface area contributed by atoms with Crippen LogP contribution < -0.4 is 24.6 Å². The zero-order valence-corrected chi connectivity index (χ0v) is 18.8. The van der Waals surface area contributed by atoms with E-state index < -0.39 is 0 Å². The Balaban J connectivity index is -0.000000377. The van der Waals surface area contributed by atoms with Crippen molar-refractivity contribution in [2.45, 2.75) is 130 Å². The number of rotatable bonds is 15. The summed E-state index contributed by atoms with van der Waals surface area (Å²) in [6.07, 6.45) is 21.9. The molecule has 0 aromatic heterocycles. The molecule has 25 heavy (non-hydrogen) atoms. The molecule has 0 saturated heterocycles. The van der Waals surface area contributed by atoms with E-state index >= 15 is 0 Å². The second-order valence-electron chi connectivity index (χ2n) is 8.55. The summed E-state index contributed by atoms with van der Waals surface area (Å²) in [4.78, 5) is 0. The molecule has 0 aliphatic rings. The molecule has 0 bridgehead atoms. The van der Waals surface area contributed by atoms with Crippen LogP contribution in [-0.2, 0) is 0 Å². The van der Waals surface area contributed by atoms with E-state index in [0.29, 0.717) is 5.41 Å². The van der Waals surface area contributed by atoms with Crippen molar-refractivity contribution in [1.29, 1.82) is 0 Å². The van der Waals surface area contributed by atoms with E-state index in [2.05, 4.69) is 34.6 Å². The van der Waals surface area contributed by atoms with Gasteiger partial charge in [0.25, 0.3) is 0 Å². The predicted octanol–water partition coefficient (Wildman–Crippen LogP) is 5.08. The summed E-state index contributed by atoms with van der Waals surface area (Å²) in [6, 6.07) is 0. The molecule has 0 spiro atoms. The molecule has 2 N–H and O–H groups in total. The second kappa shape index (κ2) is 24.6. The van der Waals surface area contributed by atoms with E-state index in [4.69, 9.17) is 5.73 Å². The molecule has 0 unspecified atom stereocenters. The molecule has 0 fully saturated rings. The Morgan fingerprint density at radius 3 is 1.44 bits per heavy atom. The van der Waals surface area contributed by atoms with Crippen molar-refractivity contribution in [2.24, 2.45) is 11.1 Å². The minimum Gasteiger partial charge on any atom is -0.343 e. The first kappa shape index (κ1) is 30.3. The molecule has 0 aliphatic carbocycles. The molecule has 0 heterocycles. The Morgan fingerprint density at radius 1 is 0.640 bits per heavy atom. The minimum absolute atomic E-state index is 0. The maximum absolute atomic E-state index is 5.39. The molecular weight excluding hydrogens is 297 g/mol. The van der Waals surface area contributed by atoms with Crippen molar-refractivity contribution in [3.05, 3.63) is 6.92 Å². The van der Waals surface area contributed by atoms with Crippen LogP contribution in [0, 0.1) is 12.3 Å². The van der Waals surface area contributed by atoms with Gasteiger partial charge in [0.05, 0.1) is 0 Å². The average Bonchev–Trinajstić information content (AvgIpc) is 2.53. The Morgan fingerprint density at radius 2 is 1.04 bits per heavy atom. The van der Waals surface area contributed by atoms with Crippen molar-refractivity contribution in [3.8, 4) is 0 Å². The van der Waals surface area contributed by atoms with E-state index in [1.165, 1.54) is 96.3 Å². The third-order valence-corrected chi connectivity index (χ3v) is 4.48. The molecule has 148 valence electrons. The quantitative estimate of drug-likeness (QED) is 0.250. The van der Waals surface area contributed by atoms with Gasteiger partial charge < -0.3 is 12.7 Å². The van der Waals surface area contributed by atoms with Gasteiger partial charge in [0.2, 0.25) is 0 Å². The first-order chi connectivity index (χ1) is 11.5. The maximum atomic E-state index is 5.39. The molecule has 0 radical (unpaired) electrons. The van der Waals surface area contributed by atoms with Gasteiger partial charge in [-0.15, -0.1) is 0 Å². The number of unbranched alkanes of at least 4 members (excludes halogenated alkanes) is 13. The summed E-state index contributed by atoms with van der Waals surface area (Å²) >= 11 is 0. The van der Waals surface area contributed by atoms with Crippen LogP contribution in [0.25, 0.3) is 0 Å². The van der Waals surface area contributed by atoms with Crippen molar-refractivity contribution < 1.29 is 18.9 Å². The Labute approximate surface area is 173 Å². The third-order valence-electron chi connectivity index (χ3n) is 4.48. The van der Waals surface area contributed by atoms with Gasteiger partial charge in [-0.3, -0.25) is 0 Å². The molecule has 0 aromatic carbocycles. The van der Waals surface area contributed by atoms with Crippen molar-refractivity contribution >= 4 is 0 Å². The zero-order valence-electron chi connectivity index (χ0n) is 18.8. The van der Waals surface area contributed by atoms with Crippen LogP contribution in [0.3, 0.4) is 0 Å². The number of hydrogen-bond donors (Lipinski definition) is 1. The molecule has 0 atom stereocenters. The smallest absolute Gasteiger partial charge is 0.343 e. The topological polar surface area (TPSA) is 26.0 Å². The van der Waals surface area contributed by atoms with Crippen molar-refractivity contribution in [3.63, 3.8) is 0 Å². The minimum atomic E-state index is 0. The summed E-state index contributed by atoms with van der Waals surface area (Å²) in [6.45, 7) is 14.0. The van der Waals surface area contributed by atoms with Gasteiger partial charge in [-0.1, -0.05) is 111 Å².